The summed E-state index contributed by atoms with van der Waals surface area (Å²) in [6, 6.07) is 0.589. The van der Waals surface area contributed by atoms with Gasteiger partial charge in [0.2, 0.25) is 0 Å². The predicted molar refractivity (Wildman–Crippen MR) is 95.0 cm³/mol. The minimum absolute atomic E-state index is 0.589. The molecule has 0 bridgehead atoms. The molecule has 2 fully saturated rings. The van der Waals surface area contributed by atoms with E-state index in [1.807, 2.05) is 0 Å². The van der Waals surface area contributed by atoms with Gasteiger partial charge in [-0.3, -0.25) is 9.80 Å². The molecule has 2 aromatic heterocycles. The highest BCUT2D eigenvalue weighted by atomic mass is 32.1. The molecule has 3 heterocycles. The van der Waals surface area contributed by atoms with E-state index >= 15 is 0 Å². The van der Waals surface area contributed by atoms with E-state index < -0.39 is 0 Å². The molecule has 1 aliphatic heterocycles. The van der Waals surface area contributed by atoms with Crippen molar-refractivity contribution in [3.05, 3.63) is 27.7 Å². The third kappa shape index (κ3) is 3.38. The first-order valence-corrected chi connectivity index (χ1v) is 9.70. The van der Waals surface area contributed by atoms with Gasteiger partial charge in [-0.1, -0.05) is 0 Å². The van der Waals surface area contributed by atoms with Crippen molar-refractivity contribution in [2.45, 2.75) is 51.2 Å². The maximum absolute atomic E-state index is 4.59. The highest BCUT2D eigenvalue weighted by Gasteiger charge is 2.30. The first-order chi connectivity index (χ1) is 11.6. The predicted octanol–water partition coefficient (Wildman–Crippen LogP) is 2.16. The molecule has 0 radical (unpaired) electrons. The topological polar surface area (TPSA) is 50.1 Å². The van der Waals surface area contributed by atoms with E-state index in [1.165, 1.54) is 30.8 Å². The summed E-state index contributed by atoms with van der Waals surface area (Å²) in [4.78, 5) is 9.54. The number of thiazole rings is 1. The summed E-state index contributed by atoms with van der Waals surface area (Å²) in [6.45, 7) is 6.19. The Labute approximate surface area is 147 Å². The fraction of sp³-hybridized carbons (Fsp3) is 0.706. The van der Waals surface area contributed by atoms with Crippen LogP contribution in [0.25, 0.3) is 0 Å². The molecule has 0 unspecified atom stereocenters. The van der Waals surface area contributed by atoms with E-state index in [0.29, 0.717) is 12.0 Å². The Morgan fingerprint density at radius 3 is 2.83 bits per heavy atom. The summed E-state index contributed by atoms with van der Waals surface area (Å²) in [5, 5.41) is 12.2. The van der Waals surface area contributed by atoms with Gasteiger partial charge in [-0.25, -0.2) is 4.98 Å². The molecule has 1 saturated carbocycles. The molecule has 24 heavy (non-hydrogen) atoms. The number of likely N-dealkylation sites (tertiary alicyclic amines) is 1. The number of rotatable bonds is 6. The van der Waals surface area contributed by atoms with Crippen molar-refractivity contribution in [3.8, 4) is 0 Å². The van der Waals surface area contributed by atoms with Gasteiger partial charge in [0.05, 0.1) is 17.2 Å². The number of aryl methyl sites for hydroxylation is 1. The van der Waals surface area contributed by atoms with Gasteiger partial charge in [0.1, 0.15) is 11.6 Å². The number of likely N-dealkylation sites (N-methyl/N-ethyl adjacent to an activating group) is 1. The monoisotopic (exact) mass is 346 g/mol. The molecule has 0 spiro atoms. The third-order valence-corrected chi connectivity index (χ3v) is 6.08. The lowest BCUT2D eigenvalue weighted by atomic mass is 10.2. The zero-order valence-electron chi connectivity index (χ0n) is 14.8. The summed E-state index contributed by atoms with van der Waals surface area (Å²) in [7, 11) is 4.33. The molecule has 0 N–H and O–H groups in total. The molecule has 1 atom stereocenters. The van der Waals surface area contributed by atoms with Gasteiger partial charge in [-0.05, 0) is 33.2 Å². The average molecular weight is 347 g/mol. The molecular weight excluding hydrogens is 320 g/mol. The van der Waals surface area contributed by atoms with Crippen LogP contribution in [0.15, 0.2) is 5.38 Å². The lowest BCUT2D eigenvalue weighted by molar-refractivity contribution is 0.216. The van der Waals surface area contributed by atoms with E-state index in [0.717, 1.165) is 37.0 Å². The third-order valence-electron chi connectivity index (χ3n) is 5.26. The molecule has 0 amide bonds. The van der Waals surface area contributed by atoms with Gasteiger partial charge in [0, 0.05) is 44.0 Å². The van der Waals surface area contributed by atoms with Crippen molar-refractivity contribution in [1.82, 2.24) is 29.5 Å². The molecule has 4 rings (SSSR count). The molecule has 1 aliphatic carbocycles. The molecule has 2 aliphatic rings. The van der Waals surface area contributed by atoms with E-state index in [4.69, 9.17) is 0 Å². The van der Waals surface area contributed by atoms with Gasteiger partial charge < -0.3 is 4.57 Å². The van der Waals surface area contributed by atoms with Crippen molar-refractivity contribution in [1.29, 1.82) is 0 Å². The lowest BCUT2D eigenvalue weighted by Crippen LogP contribution is -2.34. The van der Waals surface area contributed by atoms with E-state index in [-0.39, 0.29) is 0 Å². The SMILES string of the molecule is Cc1nc(CN2CC[C@H](N(C)Cc3nnc(C4CC4)n3C)C2)cs1. The zero-order valence-corrected chi connectivity index (χ0v) is 15.6. The van der Waals surface area contributed by atoms with Crippen LogP contribution in [0.3, 0.4) is 0 Å². The van der Waals surface area contributed by atoms with Crippen LogP contribution in [0.5, 0.6) is 0 Å². The van der Waals surface area contributed by atoms with Gasteiger partial charge in [-0.2, -0.15) is 0 Å². The normalized spacial score (nSPS) is 21.9. The summed E-state index contributed by atoms with van der Waals surface area (Å²) in [6.07, 6.45) is 3.76. The number of hydrogen-bond acceptors (Lipinski definition) is 6. The number of hydrogen-bond donors (Lipinski definition) is 0. The quantitative estimate of drug-likeness (QED) is 0.802. The minimum Gasteiger partial charge on any atom is -0.317 e. The number of nitrogens with zero attached hydrogens (tertiary/aromatic N) is 6. The Morgan fingerprint density at radius 1 is 1.29 bits per heavy atom. The second kappa shape index (κ2) is 6.54. The Hall–Kier alpha value is -1.31. The second-order valence-electron chi connectivity index (χ2n) is 7.26. The van der Waals surface area contributed by atoms with Crippen molar-refractivity contribution >= 4 is 11.3 Å². The minimum atomic E-state index is 0.589. The second-order valence-corrected chi connectivity index (χ2v) is 8.32. The summed E-state index contributed by atoms with van der Waals surface area (Å²) < 4.78 is 2.21. The molecule has 0 aromatic carbocycles. The average Bonchev–Trinajstić information content (AvgIpc) is 2.96. The molecule has 130 valence electrons. The molecular formula is C17H26N6S. The van der Waals surface area contributed by atoms with Crippen LogP contribution < -0.4 is 0 Å². The van der Waals surface area contributed by atoms with Crippen LogP contribution in [-0.4, -0.2) is 55.7 Å². The van der Waals surface area contributed by atoms with Crippen LogP contribution in [0.2, 0.25) is 0 Å². The van der Waals surface area contributed by atoms with Gasteiger partial charge >= 0.3 is 0 Å². The Morgan fingerprint density at radius 2 is 2.12 bits per heavy atom. The Kier molecular flexibility index (Phi) is 4.40. The fourth-order valence-electron chi connectivity index (χ4n) is 3.59. The van der Waals surface area contributed by atoms with Crippen LogP contribution in [0.4, 0.5) is 0 Å². The molecule has 6 nitrogen and oxygen atoms in total. The fourth-order valence-corrected chi connectivity index (χ4v) is 4.19. The maximum atomic E-state index is 4.59. The van der Waals surface area contributed by atoms with Crippen LogP contribution in [0, 0.1) is 6.92 Å². The summed E-state index contributed by atoms with van der Waals surface area (Å²) in [5.74, 6) is 2.92. The van der Waals surface area contributed by atoms with Crippen LogP contribution in [-0.2, 0) is 20.1 Å². The van der Waals surface area contributed by atoms with Gasteiger partial charge in [0.25, 0.3) is 0 Å². The smallest absolute Gasteiger partial charge is 0.146 e. The highest BCUT2D eigenvalue weighted by molar-refractivity contribution is 7.09. The molecule has 1 saturated heterocycles. The van der Waals surface area contributed by atoms with Crippen LogP contribution >= 0.6 is 11.3 Å². The first kappa shape index (κ1) is 16.2. The highest BCUT2D eigenvalue weighted by Crippen LogP contribution is 2.38. The maximum Gasteiger partial charge on any atom is 0.146 e. The van der Waals surface area contributed by atoms with Crippen molar-refractivity contribution in [2.24, 2.45) is 7.05 Å². The Balaban J connectivity index is 1.33. The van der Waals surface area contributed by atoms with Gasteiger partial charge in [0.15, 0.2) is 0 Å². The first-order valence-electron chi connectivity index (χ1n) is 8.82. The van der Waals surface area contributed by atoms with Crippen molar-refractivity contribution < 1.29 is 0 Å². The molecule has 2 aromatic rings. The van der Waals surface area contributed by atoms with Crippen molar-refractivity contribution in [3.63, 3.8) is 0 Å². The van der Waals surface area contributed by atoms with E-state index in [2.05, 4.69) is 55.9 Å². The van der Waals surface area contributed by atoms with E-state index in [1.54, 1.807) is 11.3 Å². The zero-order chi connectivity index (χ0) is 16.7. The van der Waals surface area contributed by atoms with Crippen LogP contribution in [0.1, 0.15) is 47.5 Å². The largest absolute Gasteiger partial charge is 0.317 e. The molecule has 7 heteroatoms. The summed E-state index contributed by atoms with van der Waals surface area (Å²) >= 11 is 1.74. The van der Waals surface area contributed by atoms with E-state index in [9.17, 15) is 0 Å². The number of aromatic nitrogens is 4. The van der Waals surface area contributed by atoms with Crippen molar-refractivity contribution in [2.75, 3.05) is 20.1 Å². The van der Waals surface area contributed by atoms with Gasteiger partial charge in [-0.15, -0.1) is 21.5 Å². The lowest BCUT2D eigenvalue weighted by Gasteiger charge is -2.24. The Bertz CT molecular complexity index is 704. The summed E-state index contributed by atoms with van der Waals surface area (Å²) in [5.41, 5.74) is 1.21. The standard InChI is InChI=1S/C17H26N6S/c1-12-18-14(11-24-12)8-23-7-6-15(9-23)21(2)10-16-19-20-17(22(16)3)13-4-5-13/h11,13,15H,4-10H2,1-3H3/t15-/m0/s1.